The Kier molecular flexibility index (Phi) is 5.26. The first kappa shape index (κ1) is 12.7. The molecule has 0 saturated heterocycles. The molecule has 0 aromatic heterocycles. The number of benzene rings is 1. The van der Waals surface area contributed by atoms with Gasteiger partial charge >= 0.3 is 0 Å². The molecular weight excluding hydrogens is 257 g/mol. The van der Waals surface area contributed by atoms with Crippen LogP contribution in [0.3, 0.4) is 0 Å². The van der Waals surface area contributed by atoms with E-state index < -0.39 is 0 Å². The predicted octanol–water partition coefficient (Wildman–Crippen LogP) is 3.52. The van der Waals surface area contributed by atoms with Crippen LogP contribution in [0.25, 0.3) is 0 Å². The van der Waals surface area contributed by atoms with Gasteiger partial charge in [0, 0.05) is 6.04 Å². The number of likely N-dealkylation sites (N-methyl/N-ethyl adjacent to an activating group) is 1. The number of nitrogens with one attached hydrogen (secondary N) is 1. The van der Waals surface area contributed by atoms with Gasteiger partial charge in [-0.15, -0.1) is 0 Å². The van der Waals surface area contributed by atoms with E-state index in [9.17, 15) is 4.39 Å². The largest absolute Gasteiger partial charge is 0.317 e. The van der Waals surface area contributed by atoms with Gasteiger partial charge in [-0.25, -0.2) is 4.39 Å². The first-order valence-corrected chi connectivity index (χ1v) is 6.08. The minimum atomic E-state index is -0.182. The molecule has 0 radical (unpaired) electrons. The summed E-state index contributed by atoms with van der Waals surface area (Å²) >= 11 is 3.29. The topological polar surface area (TPSA) is 12.0 Å². The SMILES string of the molecule is CCCC(Cc1cccc(F)c1Br)NC. The minimum absolute atomic E-state index is 0.182. The molecule has 0 spiro atoms. The number of rotatable bonds is 5. The van der Waals surface area contributed by atoms with Crippen molar-refractivity contribution < 1.29 is 4.39 Å². The maximum atomic E-state index is 13.3. The van der Waals surface area contributed by atoms with Gasteiger partial charge in [0.05, 0.1) is 4.47 Å². The third-order valence-electron chi connectivity index (χ3n) is 2.54. The van der Waals surface area contributed by atoms with E-state index in [-0.39, 0.29) is 5.82 Å². The monoisotopic (exact) mass is 273 g/mol. The molecule has 0 saturated carbocycles. The third kappa shape index (κ3) is 3.58. The molecule has 1 unspecified atom stereocenters. The molecule has 0 heterocycles. The van der Waals surface area contributed by atoms with Crippen LogP contribution in [0.5, 0.6) is 0 Å². The van der Waals surface area contributed by atoms with Gasteiger partial charge in [0.25, 0.3) is 0 Å². The second-order valence-electron chi connectivity index (χ2n) is 3.69. The fourth-order valence-electron chi connectivity index (χ4n) is 1.67. The van der Waals surface area contributed by atoms with E-state index in [0.29, 0.717) is 10.5 Å². The van der Waals surface area contributed by atoms with Gasteiger partial charge in [0.2, 0.25) is 0 Å². The van der Waals surface area contributed by atoms with Gasteiger partial charge < -0.3 is 5.32 Å². The van der Waals surface area contributed by atoms with Crippen molar-refractivity contribution in [3.63, 3.8) is 0 Å². The number of hydrogen-bond donors (Lipinski definition) is 1. The smallest absolute Gasteiger partial charge is 0.137 e. The molecule has 1 nitrogen and oxygen atoms in total. The molecule has 1 aromatic carbocycles. The average molecular weight is 274 g/mol. The zero-order chi connectivity index (χ0) is 11.3. The fourth-order valence-corrected chi connectivity index (χ4v) is 2.09. The Morgan fingerprint density at radius 1 is 1.47 bits per heavy atom. The summed E-state index contributed by atoms with van der Waals surface area (Å²) in [5, 5.41) is 3.25. The quantitative estimate of drug-likeness (QED) is 0.866. The van der Waals surface area contributed by atoms with Crippen molar-refractivity contribution in [3.05, 3.63) is 34.1 Å². The van der Waals surface area contributed by atoms with Gasteiger partial charge in [-0.3, -0.25) is 0 Å². The highest BCUT2D eigenvalue weighted by atomic mass is 79.9. The summed E-state index contributed by atoms with van der Waals surface area (Å²) in [6, 6.07) is 5.62. The molecule has 0 aliphatic carbocycles. The molecule has 0 aliphatic heterocycles. The van der Waals surface area contributed by atoms with Crippen LogP contribution in [0.4, 0.5) is 4.39 Å². The molecule has 0 amide bonds. The van der Waals surface area contributed by atoms with E-state index in [1.165, 1.54) is 6.07 Å². The van der Waals surface area contributed by atoms with Crippen LogP contribution in [-0.4, -0.2) is 13.1 Å². The van der Waals surface area contributed by atoms with E-state index >= 15 is 0 Å². The maximum Gasteiger partial charge on any atom is 0.137 e. The molecular formula is C12H17BrFN. The summed E-state index contributed by atoms with van der Waals surface area (Å²) in [6.45, 7) is 2.16. The minimum Gasteiger partial charge on any atom is -0.317 e. The average Bonchev–Trinajstić information content (AvgIpc) is 2.24. The van der Waals surface area contributed by atoms with Crippen LogP contribution in [0.1, 0.15) is 25.3 Å². The highest BCUT2D eigenvalue weighted by molar-refractivity contribution is 9.10. The Bertz CT molecular complexity index is 314. The van der Waals surface area contributed by atoms with Crippen LogP contribution in [-0.2, 0) is 6.42 Å². The normalized spacial score (nSPS) is 12.8. The van der Waals surface area contributed by atoms with E-state index in [4.69, 9.17) is 0 Å². The van der Waals surface area contributed by atoms with Crippen molar-refractivity contribution in [1.29, 1.82) is 0 Å². The van der Waals surface area contributed by atoms with Gasteiger partial charge in [0.1, 0.15) is 5.82 Å². The molecule has 1 aromatic rings. The van der Waals surface area contributed by atoms with Crippen molar-refractivity contribution in [3.8, 4) is 0 Å². The van der Waals surface area contributed by atoms with E-state index in [2.05, 4.69) is 28.2 Å². The zero-order valence-corrected chi connectivity index (χ0v) is 10.8. The van der Waals surface area contributed by atoms with Crippen molar-refractivity contribution in [1.82, 2.24) is 5.32 Å². The summed E-state index contributed by atoms with van der Waals surface area (Å²) in [4.78, 5) is 0. The Morgan fingerprint density at radius 2 is 2.20 bits per heavy atom. The van der Waals surface area contributed by atoms with Gasteiger partial charge in [-0.2, -0.15) is 0 Å². The first-order valence-electron chi connectivity index (χ1n) is 5.29. The Balaban J connectivity index is 2.74. The standard InChI is InChI=1S/C12H17BrFN/c1-3-5-10(15-2)8-9-6-4-7-11(14)12(9)13/h4,6-7,10,15H,3,5,8H2,1-2H3. The summed E-state index contributed by atoms with van der Waals surface area (Å²) in [7, 11) is 1.95. The number of halogens is 2. The number of hydrogen-bond acceptors (Lipinski definition) is 1. The Hall–Kier alpha value is -0.410. The summed E-state index contributed by atoms with van der Waals surface area (Å²) in [6.07, 6.45) is 3.11. The van der Waals surface area contributed by atoms with Gasteiger partial charge in [-0.05, 0) is 47.4 Å². The lowest BCUT2D eigenvalue weighted by Gasteiger charge is -2.16. The van der Waals surface area contributed by atoms with Crippen molar-refractivity contribution in [2.24, 2.45) is 0 Å². The maximum absolute atomic E-state index is 13.3. The van der Waals surface area contributed by atoms with Crippen LogP contribution in [0.2, 0.25) is 0 Å². The van der Waals surface area contributed by atoms with Crippen LogP contribution in [0, 0.1) is 5.82 Å². The van der Waals surface area contributed by atoms with Gasteiger partial charge in [0.15, 0.2) is 0 Å². The molecule has 1 rings (SSSR count). The molecule has 1 N–H and O–H groups in total. The highest BCUT2D eigenvalue weighted by Crippen LogP contribution is 2.22. The van der Waals surface area contributed by atoms with E-state index in [0.717, 1.165) is 24.8 Å². The molecule has 84 valence electrons. The lowest BCUT2D eigenvalue weighted by Crippen LogP contribution is -2.27. The van der Waals surface area contributed by atoms with Gasteiger partial charge in [-0.1, -0.05) is 25.5 Å². The predicted molar refractivity (Wildman–Crippen MR) is 65.6 cm³/mol. The molecule has 1 atom stereocenters. The molecule has 0 fully saturated rings. The fraction of sp³-hybridized carbons (Fsp3) is 0.500. The lowest BCUT2D eigenvalue weighted by molar-refractivity contribution is 0.511. The Labute approximate surface area is 99.2 Å². The van der Waals surface area contributed by atoms with Crippen molar-refractivity contribution in [2.75, 3.05) is 7.05 Å². The van der Waals surface area contributed by atoms with Crippen LogP contribution in [0.15, 0.2) is 22.7 Å². The zero-order valence-electron chi connectivity index (χ0n) is 9.19. The summed E-state index contributed by atoms with van der Waals surface area (Å²) in [5.41, 5.74) is 1.03. The van der Waals surface area contributed by atoms with Crippen LogP contribution < -0.4 is 5.32 Å². The van der Waals surface area contributed by atoms with Crippen molar-refractivity contribution in [2.45, 2.75) is 32.2 Å². The van der Waals surface area contributed by atoms with Crippen LogP contribution >= 0.6 is 15.9 Å². The van der Waals surface area contributed by atoms with E-state index in [1.807, 2.05) is 13.1 Å². The highest BCUT2D eigenvalue weighted by Gasteiger charge is 2.10. The first-order chi connectivity index (χ1) is 7.19. The molecule has 0 bridgehead atoms. The molecule has 15 heavy (non-hydrogen) atoms. The summed E-state index contributed by atoms with van der Waals surface area (Å²) in [5.74, 6) is -0.182. The molecule has 3 heteroatoms. The van der Waals surface area contributed by atoms with Crippen molar-refractivity contribution >= 4 is 15.9 Å². The molecule has 0 aliphatic rings. The summed E-state index contributed by atoms with van der Waals surface area (Å²) < 4.78 is 13.9. The van der Waals surface area contributed by atoms with E-state index in [1.54, 1.807) is 6.07 Å². The Morgan fingerprint density at radius 3 is 2.80 bits per heavy atom. The second-order valence-corrected chi connectivity index (χ2v) is 4.48. The third-order valence-corrected chi connectivity index (χ3v) is 3.43. The second kappa shape index (κ2) is 6.23. The lowest BCUT2D eigenvalue weighted by atomic mass is 10.0.